The number of hydrogen-bond acceptors (Lipinski definition) is 4. The Morgan fingerprint density at radius 3 is 2.38 bits per heavy atom. The van der Waals surface area contributed by atoms with Crippen LogP contribution in [-0.4, -0.2) is 15.9 Å². The van der Waals surface area contributed by atoms with E-state index in [1.165, 1.54) is 6.20 Å². The zero-order valence-electron chi connectivity index (χ0n) is 13.6. The molecule has 24 heavy (non-hydrogen) atoms. The van der Waals surface area contributed by atoms with Crippen molar-refractivity contribution in [1.29, 1.82) is 0 Å². The maximum absolute atomic E-state index is 12.1. The molecule has 5 heteroatoms. The van der Waals surface area contributed by atoms with Gasteiger partial charge in [0, 0.05) is 18.1 Å². The van der Waals surface area contributed by atoms with Crippen molar-refractivity contribution in [3.05, 3.63) is 77.7 Å². The number of aryl methyl sites for hydroxylation is 2. The fourth-order valence-corrected chi connectivity index (χ4v) is 2.38. The van der Waals surface area contributed by atoms with Crippen LogP contribution in [0, 0.1) is 13.8 Å². The molecule has 0 radical (unpaired) electrons. The molecule has 0 aliphatic carbocycles. The van der Waals surface area contributed by atoms with Crippen molar-refractivity contribution in [3.8, 4) is 0 Å². The molecule has 0 bridgehead atoms. The van der Waals surface area contributed by atoms with Gasteiger partial charge in [0.15, 0.2) is 0 Å². The number of hydrogen-bond donors (Lipinski definition) is 2. The largest absolute Gasteiger partial charge is 0.340 e. The molecule has 0 aliphatic rings. The molecule has 3 aromatic rings. The number of rotatable bonds is 4. The highest BCUT2D eigenvalue weighted by Crippen LogP contribution is 2.23. The zero-order chi connectivity index (χ0) is 16.9. The standard InChI is InChI=1S/C19H18N4O/c1-13-5-3-6-14(2)18(13)23-17-9-8-16(12-21-17)22-19(24)15-7-4-10-20-11-15/h3-12H,1-2H3,(H,21,23)(H,22,24). The van der Waals surface area contributed by atoms with Crippen LogP contribution < -0.4 is 10.6 Å². The van der Waals surface area contributed by atoms with Crippen LogP contribution in [0.2, 0.25) is 0 Å². The van der Waals surface area contributed by atoms with Crippen molar-refractivity contribution in [2.24, 2.45) is 0 Å². The van der Waals surface area contributed by atoms with E-state index < -0.39 is 0 Å². The maximum atomic E-state index is 12.1. The number of amides is 1. The monoisotopic (exact) mass is 318 g/mol. The van der Waals surface area contributed by atoms with Gasteiger partial charge in [0.25, 0.3) is 5.91 Å². The second kappa shape index (κ2) is 6.91. The lowest BCUT2D eigenvalue weighted by atomic mass is 10.1. The summed E-state index contributed by atoms with van der Waals surface area (Å²) in [4.78, 5) is 20.4. The predicted molar refractivity (Wildman–Crippen MR) is 95.6 cm³/mol. The topological polar surface area (TPSA) is 66.9 Å². The molecule has 1 aromatic carbocycles. The SMILES string of the molecule is Cc1cccc(C)c1Nc1ccc(NC(=O)c2cccnc2)cn1. The summed E-state index contributed by atoms with van der Waals surface area (Å²) in [5.41, 5.74) is 4.51. The van der Waals surface area contributed by atoms with Gasteiger partial charge in [-0.25, -0.2) is 4.98 Å². The summed E-state index contributed by atoms with van der Waals surface area (Å²) >= 11 is 0. The number of carbonyl (C=O) groups is 1. The van der Waals surface area contributed by atoms with E-state index in [9.17, 15) is 4.79 Å². The average Bonchev–Trinajstić information content (AvgIpc) is 2.60. The van der Waals surface area contributed by atoms with E-state index in [-0.39, 0.29) is 5.91 Å². The van der Waals surface area contributed by atoms with E-state index >= 15 is 0 Å². The van der Waals surface area contributed by atoms with E-state index in [1.807, 2.05) is 18.2 Å². The second-order valence-corrected chi connectivity index (χ2v) is 5.52. The smallest absolute Gasteiger partial charge is 0.257 e. The third-order valence-electron chi connectivity index (χ3n) is 3.68. The van der Waals surface area contributed by atoms with Crippen molar-refractivity contribution in [1.82, 2.24) is 9.97 Å². The fourth-order valence-electron chi connectivity index (χ4n) is 2.38. The third kappa shape index (κ3) is 3.57. The molecule has 120 valence electrons. The Balaban J connectivity index is 1.71. The molecular formula is C19H18N4O. The molecular weight excluding hydrogens is 300 g/mol. The van der Waals surface area contributed by atoms with Crippen molar-refractivity contribution in [3.63, 3.8) is 0 Å². The lowest BCUT2D eigenvalue weighted by molar-refractivity contribution is 0.102. The van der Waals surface area contributed by atoms with Crippen molar-refractivity contribution < 1.29 is 4.79 Å². The van der Waals surface area contributed by atoms with Crippen molar-refractivity contribution in [2.45, 2.75) is 13.8 Å². The average molecular weight is 318 g/mol. The Hall–Kier alpha value is -3.21. The second-order valence-electron chi connectivity index (χ2n) is 5.52. The van der Waals surface area contributed by atoms with Gasteiger partial charge in [-0.3, -0.25) is 9.78 Å². The minimum atomic E-state index is -0.208. The number of pyridine rings is 2. The molecule has 0 saturated carbocycles. The highest BCUT2D eigenvalue weighted by molar-refractivity contribution is 6.03. The first kappa shape index (κ1) is 15.7. The number of nitrogens with zero attached hydrogens (tertiary/aromatic N) is 2. The third-order valence-corrected chi connectivity index (χ3v) is 3.68. The van der Waals surface area contributed by atoms with Crippen LogP contribution in [0.5, 0.6) is 0 Å². The maximum Gasteiger partial charge on any atom is 0.257 e. The first-order chi connectivity index (χ1) is 11.6. The Kier molecular flexibility index (Phi) is 4.52. The summed E-state index contributed by atoms with van der Waals surface area (Å²) in [5, 5.41) is 6.12. The van der Waals surface area contributed by atoms with Crippen LogP contribution >= 0.6 is 0 Å². The lowest BCUT2D eigenvalue weighted by Gasteiger charge is -2.12. The molecule has 2 heterocycles. The predicted octanol–water partition coefficient (Wildman–Crippen LogP) is 4.09. The highest BCUT2D eigenvalue weighted by Gasteiger charge is 2.07. The zero-order valence-corrected chi connectivity index (χ0v) is 13.6. The van der Waals surface area contributed by atoms with E-state index in [0.717, 1.165) is 22.6 Å². The number of anilines is 3. The van der Waals surface area contributed by atoms with Crippen LogP contribution in [0.25, 0.3) is 0 Å². The molecule has 0 unspecified atom stereocenters. The van der Waals surface area contributed by atoms with E-state index in [4.69, 9.17) is 0 Å². The molecule has 0 saturated heterocycles. The summed E-state index contributed by atoms with van der Waals surface area (Å²) in [7, 11) is 0. The number of aromatic nitrogens is 2. The fraction of sp³-hybridized carbons (Fsp3) is 0.105. The molecule has 0 atom stereocenters. The van der Waals surface area contributed by atoms with Gasteiger partial charge in [-0.15, -0.1) is 0 Å². The molecule has 0 fully saturated rings. The molecule has 5 nitrogen and oxygen atoms in total. The normalized spacial score (nSPS) is 10.2. The quantitative estimate of drug-likeness (QED) is 0.760. The van der Waals surface area contributed by atoms with Gasteiger partial charge in [-0.2, -0.15) is 0 Å². The molecule has 0 aliphatic heterocycles. The van der Waals surface area contributed by atoms with Gasteiger partial charge in [0.2, 0.25) is 0 Å². The first-order valence-corrected chi connectivity index (χ1v) is 7.64. The van der Waals surface area contributed by atoms with E-state index in [1.54, 1.807) is 24.5 Å². The first-order valence-electron chi connectivity index (χ1n) is 7.64. The van der Waals surface area contributed by atoms with E-state index in [2.05, 4.69) is 46.6 Å². The Morgan fingerprint density at radius 2 is 1.75 bits per heavy atom. The molecule has 1 amide bonds. The molecule has 3 rings (SSSR count). The Labute approximate surface area is 140 Å². The Bertz CT molecular complexity index is 825. The minimum Gasteiger partial charge on any atom is -0.340 e. The summed E-state index contributed by atoms with van der Waals surface area (Å²) < 4.78 is 0. The number of nitrogens with one attached hydrogen (secondary N) is 2. The van der Waals surface area contributed by atoms with Gasteiger partial charge in [-0.1, -0.05) is 18.2 Å². The summed E-state index contributed by atoms with van der Waals surface area (Å²) in [6.07, 6.45) is 4.79. The highest BCUT2D eigenvalue weighted by atomic mass is 16.1. The van der Waals surface area contributed by atoms with Crippen molar-refractivity contribution >= 4 is 23.1 Å². The number of para-hydroxylation sites is 1. The van der Waals surface area contributed by atoms with Gasteiger partial charge in [0.05, 0.1) is 17.4 Å². The van der Waals surface area contributed by atoms with Crippen molar-refractivity contribution in [2.75, 3.05) is 10.6 Å². The van der Waals surface area contributed by atoms with E-state index in [0.29, 0.717) is 11.3 Å². The number of carbonyl (C=O) groups excluding carboxylic acids is 1. The van der Waals surface area contributed by atoms with Crippen LogP contribution in [0.15, 0.2) is 61.1 Å². The van der Waals surface area contributed by atoms with Crippen LogP contribution in [0.4, 0.5) is 17.2 Å². The number of benzene rings is 1. The molecule has 0 spiro atoms. The summed E-state index contributed by atoms with van der Waals surface area (Å²) in [5.74, 6) is 0.520. The van der Waals surface area contributed by atoms with Gasteiger partial charge < -0.3 is 10.6 Å². The van der Waals surface area contributed by atoms with Gasteiger partial charge in [0.1, 0.15) is 5.82 Å². The molecule has 2 N–H and O–H groups in total. The van der Waals surface area contributed by atoms with Gasteiger partial charge in [-0.05, 0) is 49.2 Å². The molecule has 2 aromatic heterocycles. The Morgan fingerprint density at radius 1 is 0.958 bits per heavy atom. The summed E-state index contributed by atoms with van der Waals surface area (Å²) in [6, 6.07) is 13.2. The van der Waals surface area contributed by atoms with Crippen LogP contribution in [0.3, 0.4) is 0 Å². The van der Waals surface area contributed by atoms with Crippen LogP contribution in [-0.2, 0) is 0 Å². The lowest BCUT2D eigenvalue weighted by Crippen LogP contribution is -2.12. The van der Waals surface area contributed by atoms with Crippen LogP contribution in [0.1, 0.15) is 21.5 Å². The summed E-state index contributed by atoms with van der Waals surface area (Å²) in [6.45, 7) is 4.11. The van der Waals surface area contributed by atoms with Gasteiger partial charge >= 0.3 is 0 Å². The minimum absolute atomic E-state index is 0.208.